The van der Waals surface area contributed by atoms with Gasteiger partial charge in [-0.2, -0.15) is 5.10 Å². The molecule has 0 aliphatic carbocycles. The van der Waals surface area contributed by atoms with Crippen LogP contribution in [0, 0.1) is 0 Å². The van der Waals surface area contributed by atoms with Crippen molar-refractivity contribution in [2.45, 2.75) is 26.2 Å². The molecule has 5 aromatic rings. The number of nitrogens with zero attached hydrogens (tertiary/aromatic N) is 4. The second-order valence-corrected chi connectivity index (χ2v) is 11.2. The van der Waals surface area contributed by atoms with Crippen molar-refractivity contribution in [2.75, 3.05) is 19.6 Å². The molecule has 5 aromatic heterocycles. The molecule has 0 radical (unpaired) electrons. The van der Waals surface area contributed by atoms with Crippen LogP contribution in [0.4, 0.5) is 8.78 Å². The summed E-state index contributed by atoms with van der Waals surface area (Å²) >= 11 is 1.42. The van der Waals surface area contributed by atoms with Gasteiger partial charge in [-0.1, -0.05) is 11.6 Å². The van der Waals surface area contributed by atoms with E-state index in [0.29, 0.717) is 40.4 Å². The number of aromatic nitrogens is 5. The normalized spacial score (nSPS) is 16.4. The molecule has 204 valence electrons. The number of hydrogen-bond donors (Lipinski definition) is 3. The van der Waals surface area contributed by atoms with Gasteiger partial charge in [0.05, 0.1) is 38.9 Å². The number of pyridine rings is 2. The zero-order valence-electron chi connectivity index (χ0n) is 22.0. The molecular formula is C29H27F2N7OS. The third-order valence-electron chi connectivity index (χ3n) is 7.00. The van der Waals surface area contributed by atoms with Crippen LogP contribution in [0.2, 0.25) is 0 Å². The zero-order chi connectivity index (χ0) is 28.0. The van der Waals surface area contributed by atoms with Crippen molar-refractivity contribution in [3.63, 3.8) is 0 Å². The van der Waals surface area contributed by atoms with E-state index in [1.165, 1.54) is 17.5 Å². The Hall–Kier alpha value is -4.22. The summed E-state index contributed by atoms with van der Waals surface area (Å²) in [5, 5.41) is 8.49. The summed E-state index contributed by atoms with van der Waals surface area (Å²) < 4.78 is 27.2. The second kappa shape index (κ2) is 10.1. The number of alkyl halides is 2. The van der Waals surface area contributed by atoms with Crippen molar-refractivity contribution in [1.82, 2.24) is 30.0 Å². The smallest absolute Gasteiger partial charge is 0.261 e. The molecule has 1 aliphatic rings. The first kappa shape index (κ1) is 26.0. The van der Waals surface area contributed by atoms with Gasteiger partial charge in [0.2, 0.25) is 0 Å². The Labute approximate surface area is 232 Å². The van der Waals surface area contributed by atoms with Crippen LogP contribution >= 0.6 is 11.3 Å². The summed E-state index contributed by atoms with van der Waals surface area (Å²) in [5.41, 5.74) is 12.8. The number of carbonyl (C=O) groups is 1. The largest absolute Gasteiger partial charge is 0.404 e. The molecule has 0 unspecified atom stereocenters. The SMILES string of the molecule is CC(=O)c1ccc(-c2nccc3[nH]c(-c4n[nH]c5ccc(C(/C=C(\C)CN6CCC(F)(F)C6)=C/N)nc45)cc23)s1. The highest BCUT2D eigenvalue weighted by molar-refractivity contribution is 7.17. The van der Waals surface area contributed by atoms with E-state index in [-0.39, 0.29) is 18.7 Å². The minimum atomic E-state index is -2.63. The molecule has 0 bridgehead atoms. The summed E-state index contributed by atoms with van der Waals surface area (Å²) in [5.74, 6) is -2.60. The average molecular weight is 560 g/mol. The zero-order valence-corrected chi connectivity index (χ0v) is 22.8. The van der Waals surface area contributed by atoms with Crippen LogP contribution in [-0.4, -0.2) is 61.4 Å². The van der Waals surface area contributed by atoms with E-state index in [1.807, 2.05) is 49.4 Å². The van der Waals surface area contributed by atoms with E-state index in [2.05, 4.69) is 20.2 Å². The Morgan fingerprint density at radius 1 is 1.18 bits per heavy atom. The Morgan fingerprint density at radius 3 is 2.75 bits per heavy atom. The van der Waals surface area contributed by atoms with Crippen molar-refractivity contribution in [1.29, 1.82) is 0 Å². The lowest BCUT2D eigenvalue weighted by molar-refractivity contribution is 0.0131. The molecule has 8 nitrogen and oxygen atoms in total. The average Bonchev–Trinajstić information content (AvgIpc) is 3.71. The minimum absolute atomic E-state index is 0.0246. The number of nitrogens with one attached hydrogen (secondary N) is 2. The van der Waals surface area contributed by atoms with Crippen LogP contribution in [0.1, 0.15) is 35.6 Å². The number of halogens is 2. The number of nitrogens with two attached hydrogens (primary N) is 1. The van der Waals surface area contributed by atoms with E-state index in [0.717, 1.165) is 38.3 Å². The number of ketones is 1. The monoisotopic (exact) mass is 559 g/mol. The van der Waals surface area contributed by atoms with Crippen molar-refractivity contribution in [3.05, 3.63) is 71.0 Å². The number of carbonyl (C=O) groups excluding carboxylic acids is 1. The number of Topliss-reactive ketones (excluding diaryl/α,β-unsaturated/α-hetero) is 1. The highest BCUT2D eigenvalue weighted by Crippen LogP contribution is 2.35. The van der Waals surface area contributed by atoms with Crippen molar-refractivity contribution in [3.8, 4) is 22.0 Å². The molecular weight excluding hydrogens is 532 g/mol. The molecule has 0 atom stereocenters. The molecule has 6 rings (SSSR count). The first-order valence-electron chi connectivity index (χ1n) is 12.8. The number of rotatable bonds is 7. The lowest BCUT2D eigenvalue weighted by Crippen LogP contribution is -2.26. The fourth-order valence-electron chi connectivity index (χ4n) is 5.09. The fourth-order valence-corrected chi connectivity index (χ4v) is 6.00. The number of aromatic amines is 2. The van der Waals surface area contributed by atoms with Crippen molar-refractivity contribution < 1.29 is 13.6 Å². The topological polar surface area (TPSA) is 117 Å². The molecule has 0 saturated carbocycles. The van der Waals surface area contributed by atoms with Crippen LogP contribution in [0.25, 0.3) is 49.5 Å². The predicted molar refractivity (Wildman–Crippen MR) is 154 cm³/mol. The van der Waals surface area contributed by atoms with Gasteiger partial charge in [0, 0.05) is 48.4 Å². The minimum Gasteiger partial charge on any atom is -0.404 e. The van der Waals surface area contributed by atoms with Gasteiger partial charge in [-0.3, -0.25) is 19.8 Å². The van der Waals surface area contributed by atoms with Crippen LogP contribution in [-0.2, 0) is 0 Å². The quantitative estimate of drug-likeness (QED) is 0.166. The van der Waals surface area contributed by atoms with Gasteiger partial charge in [0.1, 0.15) is 11.2 Å². The molecule has 11 heteroatoms. The van der Waals surface area contributed by atoms with Gasteiger partial charge in [-0.15, -0.1) is 11.3 Å². The number of hydrogen-bond acceptors (Lipinski definition) is 7. The number of H-pyrrole nitrogens is 2. The molecule has 0 aromatic carbocycles. The summed E-state index contributed by atoms with van der Waals surface area (Å²) in [4.78, 5) is 28.1. The van der Waals surface area contributed by atoms with Gasteiger partial charge in [-0.25, -0.2) is 13.8 Å². The van der Waals surface area contributed by atoms with E-state index in [9.17, 15) is 13.6 Å². The first-order valence-corrected chi connectivity index (χ1v) is 13.7. The predicted octanol–water partition coefficient (Wildman–Crippen LogP) is 6.02. The summed E-state index contributed by atoms with van der Waals surface area (Å²) in [6.07, 6.45) is 4.99. The Balaban J connectivity index is 1.33. The van der Waals surface area contributed by atoms with Crippen LogP contribution < -0.4 is 5.73 Å². The third kappa shape index (κ3) is 4.93. The maximum Gasteiger partial charge on any atom is 0.261 e. The molecule has 40 heavy (non-hydrogen) atoms. The second-order valence-electron chi connectivity index (χ2n) is 10.1. The van der Waals surface area contributed by atoms with Gasteiger partial charge in [0.15, 0.2) is 5.78 Å². The summed E-state index contributed by atoms with van der Waals surface area (Å²) in [7, 11) is 0. The summed E-state index contributed by atoms with van der Waals surface area (Å²) in [6, 6.07) is 11.4. The number of thiophene rings is 1. The third-order valence-corrected chi connectivity index (χ3v) is 8.19. The van der Waals surface area contributed by atoms with Gasteiger partial charge < -0.3 is 10.7 Å². The number of likely N-dealkylation sites (tertiary alicyclic amines) is 1. The number of fused-ring (bicyclic) bond motifs is 2. The Morgan fingerprint density at radius 2 is 2.02 bits per heavy atom. The van der Waals surface area contributed by atoms with Crippen LogP contribution in [0.5, 0.6) is 0 Å². The molecule has 1 fully saturated rings. The standard InChI is InChI=1S/C29H27F2N7OS/c1-16(14-38-10-8-29(30,31)15-38)11-18(13-32)20-3-4-22-27(35-20)28(37-36-22)23-12-19-21(34-23)7-9-33-26(19)25-6-5-24(40-25)17(2)39/h3-7,9,11-13,34H,8,10,14-15,32H2,1-2H3,(H,36,37)/b16-11+,18-13+. The summed E-state index contributed by atoms with van der Waals surface area (Å²) in [6.45, 7) is 4.04. The molecule has 1 saturated heterocycles. The maximum atomic E-state index is 13.6. The molecule has 6 heterocycles. The molecule has 4 N–H and O–H groups in total. The van der Waals surface area contributed by atoms with Crippen molar-refractivity contribution in [2.24, 2.45) is 5.73 Å². The van der Waals surface area contributed by atoms with Gasteiger partial charge in [0.25, 0.3) is 5.92 Å². The van der Waals surface area contributed by atoms with E-state index in [4.69, 9.17) is 10.7 Å². The van der Waals surface area contributed by atoms with E-state index in [1.54, 1.807) is 18.0 Å². The molecule has 0 amide bonds. The van der Waals surface area contributed by atoms with E-state index < -0.39 is 5.92 Å². The van der Waals surface area contributed by atoms with E-state index >= 15 is 0 Å². The Kier molecular flexibility index (Phi) is 6.55. The van der Waals surface area contributed by atoms with Gasteiger partial charge in [-0.05, 0) is 50.2 Å². The van der Waals surface area contributed by atoms with Crippen molar-refractivity contribution >= 4 is 44.6 Å². The number of allylic oxidation sites excluding steroid dienone is 2. The Bertz CT molecular complexity index is 1810. The highest BCUT2D eigenvalue weighted by Gasteiger charge is 2.37. The van der Waals surface area contributed by atoms with Gasteiger partial charge >= 0.3 is 0 Å². The van der Waals surface area contributed by atoms with Crippen LogP contribution in [0.15, 0.2) is 60.4 Å². The lowest BCUT2D eigenvalue weighted by atomic mass is 10.1. The lowest BCUT2D eigenvalue weighted by Gasteiger charge is -2.16. The molecule has 0 spiro atoms. The fraction of sp³-hybridized carbons (Fsp3) is 0.241. The molecule has 1 aliphatic heterocycles. The van der Waals surface area contributed by atoms with Crippen LogP contribution in [0.3, 0.4) is 0 Å². The maximum absolute atomic E-state index is 13.6. The highest BCUT2D eigenvalue weighted by atomic mass is 32.1. The first-order chi connectivity index (χ1) is 19.2.